The monoisotopic (exact) mass is 184 g/mol. The summed E-state index contributed by atoms with van der Waals surface area (Å²) in [6, 6.07) is 0. The molecule has 0 aromatic heterocycles. The van der Waals surface area contributed by atoms with Crippen LogP contribution in [0.5, 0.6) is 0 Å². The van der Waals surface area contributed by atoms with E-state index in [4.69, 9.17) is 4.74 Å². The third-order valence-electron chi connectivity index (χ3n) is 2.69. The second-order valence-corrected chi connectivity index (χ2v) is 3.83. The first kappa shape index (κ1) is 8.97. The van der Waals surface area contributed by atoms with Crippen LogP contribution in [0.1, 0.15) is 19.8 Å². The molecule has 0 amide bonds. The number of hydrogen-bond acceptors (Lipinski definition) is 4. The molecule has 2 rings (SSSR count). The number of esters is 1. The lowest BCUT2D eigenvalue weighted by Gasteiger charge is -2.27. The first-order valence-corrected chi connectivity index (χ1v) is 4.94. The Hall–Kier alpha value is -0.610. The van der Waals surface area contributed by atoms with E-state index in [1.165, 1.54) is 0 Å². The van der Waals surface area contributed by atoms with Crippen LogP contribution in [0.25, 0.3) is 0 Å². The molecule has 2 atom stereocenters. The molecule has 2 heterocycles. The van der Waals surface area contributed by atoms with Crippen LogP contribution >= 0.6 is 0 Å². The zero-order valence-corrected chi connectivity index (χ0v) is 7.88. The van der Waals surface area contributed by atoms with Crippen molar-refractivity contribution < 1.29 is 9.53 Å². The average Bonchev–Trinajstić information content (AvgIpc) is 2.47. The molecule has 2 aliphatic heterocycles. The minimum Gasteiger partial charge on any atom is -0.462 e. The maximum atomic E-state index is 11.4. The van der Waals surface area contributed by atoms with E-state index in [1.807, 2.05) is 6.92 Å². The maximum absolute atomic E-state index is 11.4. The molecule has 4 heteroatoms. The molecule has 0 saturated carbocycles. The summed E-state index contributed by atoms with van der Waals surface area (Å²) in [6.07, 6.45) is 2.19. The van der Waals surface area contributed by atoms with Crippen LogP contribution in [0.3, 0.4) is 0 Å². The molecule has 2 N–H and O–H groups in total. The van der Waals surface area contributed by atoms with Crippen LogP contribution in [0.15, 0.2) is 0 Å². The van der Waals surface area contributed by atoms with Crippen LogP contribution < -0.4 is 10.6 Å². The number of hydrogen-bond donors (Lipinski definition) is 2. The first-order valence-electron chi connectivity index (χ1n) is 4.94. The molecule has 0 bridgehead atoms. The van der Waals surface area contributed by atoms with Crippen molar-refractivity contribution in [2.75, 3.05) is 13.1 Å². The van der Waals surface area contributed by atoms with E-state index in [2.05, 4.69) is 10.6 Å². The highest BCUT2D eigenvalue weighted by Crippen LogP contribution is 2.23. The van der Waals surface area contributed by atoms with E-state index in [0.29, 0.717) is 0 Å². The summed E-state index contributed by atoms with van der Waals surface area (Å²) in [5.74, 6) is -0.0466. The van der Waals surface area contributed by atoms with Crippen LogP contribution in [-0.2, 0) is 9.53 Å². The quantitative estimate of drug-likeness (QED) is 0.556. The highest BCUT2D eigenvalue weighted by atomic mass is 16.5. The fourth-order valence-corrected chi connectivity index (χ4v) is 2.02. The van der Waals surface area contributed by atoms with Gasteiger partial charge in [0.1, 0.15) is 0 Å². The number of nitrogens with one attached hydrogen (secondary N) is 2. The molecular weight excluding hydrogens is 168 g/mol. The molecule has 0 aromatic rings. The summed E-state index contributed by atoms with van der Waals surface area (Å²) in [4.78, 5) is 11.4. The Kier molecular flexibility index (Phi) is 2.51. The molecule has 2 fully saturated rings. The highest BCUT2D eigenvalue weighted by molar-refractivity contribution is 5.75. The van der Waals surface area contributed by atoms with Crippen molar-refractivity contribution in [3.05, 3.63) is 0 Å². The van der Waals surface area contributed by atoms with Crippen molar-refractivity contribution in [2.24, 2.45) is 5.92 Å². The first-order chi connectivity index (χ1) is 6.27. The number of carbonyl (C=O) groups excluding carboxylic acids is 1. The molecule has 0 aliphatic carbocycles. The summed E-state index contributed by atoms with van der Waals surface area (Å²) >= 11 is 0. The molecule has 0 spiro atoms. The van der Waals surface area contributed by atoms with Crippen molar-refractivity contribution in [1.82, 2.24) is 10.6 Å². The Morgan fingerprint density at radius 1 is 1.38 bits per heavy atom. The molecule has 2 aliphatic rings. The Bertz CT molecular complexity index is 202. The van der Waals surface area contributed by atoms with Crippen LogP contribution in [0.2, 0.25) is 0 Å². The van der Waals surface area contributed by atoms with Crippen molar-refractivity contribution in [3.63, 3.8) is 0 Å². The lowest BCUT2D eigenvalue weighted by atomic mass is 10.0. The van der Waals surface area contributed by atoms with Gasteiger partial charge in [0, 0.05) is 6.42 Å². The van der Waals surface area contributed by atoms with Crippen molar-refractivity contribution in [2.45, 2.75) is 32.0 Å². The predicted octanol–water partition coefficient (Wildman–Crippen LogP) is -0.153. The largest absolute Gasteiger partial charge is 0.462 e. The smallest absolute Gasteiger partial charge is 0.312 e. The van der Waals surface area contributed by atoms with Crippen LogP contribution in [0, 0.1) is 5.92 Å². The van der Waals surface area contributed by atoms with E-state index in [9.17, 15) is 4.79 Å². The zero-order chi connectivity index (χ0) is 9.26. The Balaban J connectivity index is 1.95. The summed E-state index contributed by atoms with van der Waals surface area (Å²) in [5, 5.41) is 6.60. The summed E-state index contributed by atoms with van der Waals surface area (Å²) < 4.78 is 5.11. The van der Waals surface area contributed by atoms with Crippen LogP contribution in [-0.4, -0.2) is 31.3 Å². The van der Waals surface area contributed by atoms with Gasteiger partial charge in [-0.2, -0.15) is 0 Å². The Labute approximate surface area is 78.0 Å². The topological polar surface area (TPSA) is 50.4 Å². The van der Waals surface area contributed by atoms with Crippen molar-refractivity contribution in [3.8, 4) is 0 Å². The number of carbonyl (C=O) groups is 1. The molecule has 13 heavy (non-hydrogen) atoms. The third-order valence-corrected chi connectivity index (χ3v) is 2.69. The molecule has 0 aromatic carbocycles. The minimum absolute atomic E-state index is 0.00954. The molecule has 74 valence electrons. The van der Waals surface area contributed by atoms with E-state index < -0.39 is 0 Å². The van der Waals surface area contributed by atoms with Gasteiger partial charge in [-0.25, -0.2) is 0 Å². The molecule has 2 saturated heterocycles. The lowest BCUT2D eigenvalue weighted by molar-refractivity contribution is -0.144. The maximum Gasteiger partial charge on any atom is 0.312 e. The Morgan fingerprint density at radius 3 is 2.62 bits per heavy atom. The van der Waals surface area contributed by atoms with E-state index >= 15 is 0 Å². The van der Waals surface area contributed by atoms with E-state index in [1.54, 1.807) is 0 Å². The highest BCUT2D eigenvalue weighted by Gasteiger charge is 2.38. The lowest BCUT2D eigenvalue weighted by Crippen LogP contribution is -2.53. The van der Waals surface area contributed by atoms with Gasteiger partial charge >= 0.3 is 5.97 Å². The van der Waals surface area contributed by atoms with Gasteiger partial charge in [0.15, 0.2) is 0 Å². The zero-order valence-electron chi connectivity index (χ0n) is 7.88. The molecule has 4 nitrogen and oxygen atoms in total. The SMILES string of the molecule is CC1CC(C2NCCCN2)C(=O)O1. The second-order valence-electron chi connectivity index (χ2n) is 3.83. The predicted molar refractivity (Wildman–Crippen MR) is 48.1 cm³/mol. The number of rotatable bonds is 1. The standard InChI is InChI=1S/C9H16N2O2/c1-6-5-7(9(12)13-6)8-10-3-2-4-11-8/h6-8,10-11H,2-5H2,1H3. The van der Waals surface area contributed by atoms with Gasteiger partial charge in [0.05, 0.1) is 18.2 Å². The number of ether oxygens (including phenoxy) is 1. The van der Waals surface area contributed by atoms with Gasteiger partial charge in [-0.15, -0.1) is 0 Å². The number of cyclic esters (lactones) is 1. The Morgan fingerprint density at radius 2 is 2.08 bits per heavy atom. The van der Waals surface area contributed by atoms with Gasteiger partial charge in [0.2, 0.25) is 0 Å². The second kappa shape index (κ2) is 3.64. The minimum atomic E-state index is -0.0561. The van der Waals surface area contributed by atoms with Crippen molar-refractivity contribution in [1.29, 1.82) is 0 Å². The van der Waals surface area contributed by atoms with Gasteiger partial charge in [-0.1, -0.05) is 0 Å². The summed E-state index contributed by atoms with van der Waals surface area (Å²) in [5.41, 5.74) is 0. The van der Waals surface area contributed by atoms with Gasteiger partial charge < -0.3 is 15.4 Å². The average molecular weight is 184 g/mol. The summed E-state index contributed by atoms with van der Waals surface area (Å²) in [7, 11) is 0. The third kappa shape index (κ3) is 1.84. The normalized spacial score (nSPS) is 36.2. The van der Waals surface area contributed by atoms with Gasteiger partial charge in [-0.3, -0.25) is 4.79 Å². The van der Waals surface area contributed by atoms with Crippen LogP contribution in [0.4, 0.5) is 0 Å². The molecule has 0 radical (unpaired) electrons. The fraction of sp³-hybridized carbons (Fsp3) is 0.889. The van der Waals surface area contributed by atoms with Gasteiger partial charge in [0.25, 0.3) is 0 Å². The molecule has 2 unspecified atom stereocenters. The van der Waals surface area contributed by atoms with E-state index in [0.717, 1.165) is 25.9 Å². The summed E-state index contributed by atoms with van der Waals surface area (Å²) in [6.45, 7) is 3.94. The van der Waals surface area contributed by atoms with E-state index in [-0.39, 0.29) is 24.2 Å². The molecular formula is C9H16N2O2. The van der Waals surface area contributed by atoms with Gasteiger partial charge in [-0.05, 0) is 26.4 Å². The fourth-order valence-electron chi connectivity index (χ4n) is 2.02. The van der Waals surface area contributed by atoms with Crippen molar-refractivity contribution >= 4 is 5.97 Å².